The quantitative estimate of drug-likeness (QED) is 0.864. The number of anilines is 1. The number of rotatable bonds is 6. The van der Waals surface area contributed by atoms with Crippen molar-refractivity contribution in [2.45, 2.75) is 20.4 Å². The number of aryl methyl sites for hydroxylation is 2. The van der Waals surface area contributed by atoms with Gasteiger partial charge in [-0.05, 0) is 37.1 Å². The van der Waals surface area contributed by atoms with E-state index in [-0.39, 0.29) is 19.0 Å². The molecule has 128 valence electrons. The maximum absolute atomic E-state index is 12.2. The van der Waals surface area contributed by atoms with Crippen LogP contribution in [-0.2, 0) is 21.4 Å². The zero-order chi connectivity index (χ0) is 17.7. The van der Waals surface area contributed by atoms with Crippen LogP contribution in [0.15, 0.2) is 42.6 Å². The van der Waals surface area contributed by atoms with E-state index in [1.54, 1.807) is 18.3 Å². The number of aromatic nitrogens is 1. The van der Waals surface area contributed by atoms with Crippen molar-refractivity contribution in [1.29, 1.82) is 0 Å². The lowest BCUT2D eigenvalue weighted by Crippen LogP contribution is -2.40. The van der Waals surface area contributed by atoms with E-state index in [9.17, 15) is 13.2 Å². The highest BCUT2D eigenvalue weighted by atomic mass is 32.2. The third-order valence-electron chi connectivity index (χ3n) is 3.57. The number of nitrogens with zero attached hydrogens (tertiary/aromatic N) is 2. The fraction of sp³-hybridized carbons (Fsp3) is 0.294. The summed E-state index contributed by atoms with van der Waals surface area (Å²) in [7, 11) is -3.58. The SMILES string of the molecule is Cc1cccc(C)c1N(CC(=O)NCc1ccccn1)S(C)(=O)=O. The Morgan fingerprint density at radius 2 is 1.79 bits per heavy atom. The summed E-state index contributed by atoms with van der Waals surface area (Å²) in [6, 6.07) is 10.9. The molecule has 6 nitrogen and oxygen atoms in total. The summed E-state index contributed by atoms with van der Waals surface area (Å²) in [5.41, 5.74) is 2.87. The van der Waals surface area contributed by atoms with Gasteiger partial charge >= 0.3 is 0 Å². The van der Waals surface area contributed by atoms with E-state index in [2.05, 4.69) is 10.3 Å². The van der Waals surface area contributed by atoms with Gasteiger partial charge in [-0.25, -0.2) is 8.42 Å². The minimum absolute atomic E-state index is 0.254. The molecule has 7 heteroatoms. The molecule has 0 fully saturated rings. The number of carbonyl (C=O) groups excluding carboxylic acids is 1. The van der Waals surface area contributed by atoms with Crippen molar-refractivity contribution < 1.29 is 13.2 Å². The normalized spacial score (nSPS) is 11.1. The van der Waals surface area contributed by atoms with Gasteiger partial charge in [0.25, 0.3) is 0 Å². The molecule has 2 aromatic rings. The number of hydrogen-bond donors (Lipinski definition) is 1. The molecule has 0 radical (unpaired) electrons. The van der Waals surface area contributed by atoms with E-state index in [1.807, 2.05) is 38.1 Å². The second kappa shape index (κ2) is 7.44. The topological polar surface area (TPSA) is 79.4 Å². The monoisotopic (exact) mass is 347 g/mol. The van der Waals surface area contributed by atoms with Gasteiger partial charge in [0.15, 0.2) is 0 Å². The van der Waals surface area contributed by atoms with Gasteiger partial charge in [0.05, 0.1) is 24.2 Å². The molecule has 0 bridgehead atoms. The van der Waals surface area contributed by atoms with Gasteiger partial charge in [0, 0.05) is 6.20 Å². The largest absolute Gasteiger partial charge is 0.349 e. The van der Waals surface area contributed by atoms with E-state index in [4.69, 9.17) is 0 Å². The Morgan fingerprint density at radius 3 is 2.33 bits per heavy atom. The standard InChI is InChI=1S/C17H21N3O3S/c1-13-7-6-8-14(2)17(13)20(24(3,22)23)12-16(21)19-11-15-9-4-5-10-18-15/h4-10H,11-12H2,1-3H3,(H,19,21). The number of hydrogen-bond acceptors (Lipinski definition) is 4. The average Bonchev–Trinajstić information content (AvgIpc) is 2.52. The molecule has 1 heterocycles. The molecule has 1 amide bonds. The number of para-hydroxylation sites is 1. The summed E-state index contributed by atoms with van der Waals surface area (Å²) < 4.78 is 25.5. The molecule has 24 heavy (non-hydrogen) atoms. The highest BCUT2D eigenvalue weighted by molar-refractivity contribution is 7.92. The second-order valence-electron chi connectivity index (χ2n) is 5.61. The Bertz CT molecular complexity index is 800. The van der Waals surface area contributed by atoms with Gasteiger partial charge in [0.1, 0.15) is 6.54 Å². The predicted molar refractivity (Wildman–Crippen MR) is 94.2 cm³/mol. The van der Waals surface area contributed by atoms with E-state index in [0.717, 1.165) is 21.7 Å². The number of sulfonamides is 1. The van der Waals surface area contributed by atoms with Crippen LogP contribution in [0, 0.1) is 13.8 Å². The zero-order valence-corrected chi connectivity index (χ0v) is 14.8. The maximum Gasteiger partial charge on any atom is 0.241 e. The van der Waals surface area contributed by atoms with Gasteiger partial charge in [-0.3, -0.25) is 14.1 Å². The van der Waals surface area contributed by atoms with Crippen molar-refractivity contribution >= 4 is 21.6 Å². The van der Waals surface area contributed by atoms with Gasteiger partial charge < -0.3 is 5.32 Å². The lowest BCUT2D eigenvalue weighted by molar-refractivity contribution is -0.119. The molecule has 0 saturated carbocycles. The molecule has 1 aromatic carbocycles. The predicted octanol–water partition coefficient (Wildman–Crippen LogP) is 1.78. The van der Waals surface area contributed by atoms with Crippen molar-refractivity contribution in [3.8, 4) is 0 Å². The van der Waals surface area contributed by atoms with Crippen molar-refractivity contribution in [2.75, 3.05) is 17.1 Å². The number of carbonyl (C=O) groups is 1. The van der Waals surface area contributed by atoms with Crippen LogP contribution in [0.3, 0.4) is 0 Å². The first-order chi connectivity index (χ1) is 11.3. The minimum atomic E-state index is -3.58. The maximum atomic E-state index is 12.2. The highest BCUT2D eigenvalue weighted by Crippen LogP contribution is 2.26. The molecular formula is C17H21N3O3S. The van der Waals surface area contributed by atoms with Crippen LogP contribution in [0.4, 0.5) is 5.69 Å². The summed E-state index contributed by atoms with van der Waals surface area (Å²) in [6.45, 7) is 3.64. The molecule has 0 spiro atoms. The Hall–Kier alpha value is -2.41. The van der Waals surface area contributed by atoms with Crippen molar-refractivity contribution in [1.82, 2.24) is 10.3 Å². The zero-order valence-electron chi connectivity index (χ0n) is 14.0. The van der Waals surface area contributed by atoms with Crippen molar-refractivity contribution in [2.24, 2.45) is 0 Å². The van der Waals surface area contributed by atoms with Crippen LogP contribution in [0.1, 0.15) is 16.8 Å². The van der Waals surface area contributed by atoms with Crippen LogP contribution >= 0.6 is 0 Å². The van der Waals surface area contributed by atoms with Crippen LogP contribution in [0.25, 0.3) is 0 Å². The van der Waals surface area contributed by atoms with Crippen LogP contribution in [0.2, 0.25) is 0 Å². The Kier molecular flexibility index (Phi) is 5.56. The molecule has 0 saturated heterocycles. The lowest BCUT2D eigenvalue weighted by atomic mass is 10.1. The van der Waals surface area contributed by atoms with E-state index >= 15 is 0 Å². The first-order valence-electron chi connectivity index (χ1n) is 7.49. The summed E-state index contributed by atoms with van der Waals surface area (Å²) in [5, 5.41) is 2.70. The van der Waals surface area contributed by atoms with Gasteiger partial charge in [-0.15, -0.1) is 0 Å². The van der Waals surface area contributed by atoms with Gasteiger partial charge in [-0.2, -0.15) is 0 Å². The molecular weight excluding hydrogens is 326 g/mol. The molecule has 0 aliphatic carbocycles. The van der Waals surface area contributed by atoms with Crippen LogP contribution in [-0.4, -0.2) is 32.1 Å². The van der Waals surface area contributed by atoms with Crippen LogP contribution in [0.5, 0.6) is 0 Å². The van der Waals surface area contributed by atoms with Gasteiger partial charge in [-0.1, -0.05) is 24.3 Å². The first kappa shape index (κ1) is 17.9. The third kappa shape index (κ3) is 4.55. The lowest BCUT2D eigenvalue weighted by Gasteiger charge is -2.25. The fourth-order valence-corrected chi connectivity index (χ4v) is 3.41. The molecule has 0 atom stereocenters. The minimum Gasteiger partial charge on any atom is -0.349 e. The summed E-state index contributed by atoms with van der Waals surface area (Å²) in [5.74, 6) is -0.381. The first-order valence-corrected chi connectivity index (χ1v) is 9.34. The second-order valence-corrected chi connectivity index (χ2v) is 7.51. The van der Waals surface area contributed by atoms with Crippen molar-refractivity contribution in [3.05, 3.63) is 59.4 Å². The molecule has 2 rings (SSSR count). The molecule has 1 aromatic heterocycles. The summed E-state index contributed by atoms with van der Waals surface area (Å²) in [6.07, 6.45) is 2.74. The number of pyridine rings is 1. The molecule has 0 aliphatic rings. The smallest absolute Gasteiger partial charge is 0.241 e. The molecule has 0 unspecified atom stereocenters. The number of amides is 1. The Balaban J connectivity index is 2.17. The van der Waals surface area contributed by atoms with E-state index in [0.29, 0.717) is 11.4 Å². The number of nitrogens with one attached hydrogen (secondary N) is 1. The molecule has 0 aliphatic heterocycles. The van der Waals surface area contributed by atoms with Crippen LogP contribution < -0.4 is 9.62 Å². The summed E-state index contributed by atoms with van der Waals surface area (Å²) >= 11 is 0. The Labute approximate surface area is 142 Å². The fourth-order valence-electron chi connectivity index (χ4n) is 2.44. The molecule has 1 N–H and O–H groups in total. The van der Waals surface area contributed by atoms with Gasteiger partial charge in [0.2, 0.25) is 15.9 Å². The van der Waals surface area contributed by atoms with Crippen molar-refractivity contribution in [3.63, 3.8) is 0 Å². The average molecular weight is 347 g/mol. The van der Waals surface area contributed by atoms with E-state index in [1.165, 1.54) is 0 Å². The Morgan fingerprint density at radius 1 is 1.12 bits per heavy atom. The third-order valence-corrected chi connectivity index (χ3v) is 4.68. The highest BCUT2D eigenvalue weighted by Gasteiger charge is 2.23. The number of benzene rings is 1. The summed E-state index contributed by atoms with van der Waals surface area (Å²) in [4.78, 5) is 16.3. The van der Waals surface area contributed by atoms with E-state index < -0.39 is 10.0 Å².